The van der Waals surface area contributed by atoms with Gasteiger partial charge in [-0.15, -0.1) is 0 Å². The molecule has 0 unspecified atom stereocenters. The smallest absolute Gasteiger partial charge is 0.306 e. The van der Waals surface area contributed by atoms with E-state index in [2.05, 4.69) is 5.32 Å². The van der Waals surface area contributed by atoms with E-state index in [0.29, 0.717) is 38.6 Å². The minimum absolute atomic E-state index is 0.0417. The van der Waals surface area contributed by atoms with E-state index in [1.807, 2.05) is 0 Å². The molecule has 0 aromatic heterocycles. The van der Waals surface area contributed by atoms with Crippen molar-refractivity contribution in [2.75, 3.05) is 6.54 Å². The second-order valence-electron chi connectivity index (χ2n) is 6.12. The molecular formula is C16H22N2O5S. The fourth-order valence-corrected chi connectivity index (χ4v) is 3.44. The Hall–Kier alpha value is -1.93. The third kappa shape index (κ3) is 5.04. The minimum atomic E-state index is -3.69. The number of sulfonamides is 1. The number of benzene rings is 1. The maximum atomic E-state index is 12.1. The normalized spacial score (nSPS) is 21.2. The van der Waals surface area contributed by atoms with Crippen molar-refractivity contribution in [2.24, 2.45) is 17.0 Å². The number of carboxylic acid groups (broad SMARTS) is 1. The van der Waals surface area contributed by atoms with Crippen LogP contribution in [0.25, 0.3) is 0 Å². The number of hydrogen-bond donors (Lipinski definition) is 3. The van der Waals surface area contributed by atoms with Gasteiger partial charge in [0.25, 0.3) is 0 Å². The lowest BCUT2D eigenvalue weighted by molar-refractivity contribution is -0.144. The number of primary sulfonamides is 1. The molecule has 1 aromatic rings. The number of carbonyl (C=O) groups excluding carboxylic acids is 1. The highest BCUT2D eigenvalue weighted by Gasteiger charge is 2.29. The van der Waals surface area contributed by atoms with Crippen molar-refractivity contribution in [2.45, 2.75) is 37.0 Å². The predicted octanol–water partition coefficient (Wildman–Crippen LogP) is 0.884. The summed E-state index contributed by atoms with van der Waals surface area (Å²) >= 11 is 0. The summed E-state index contributed by atoms with van der Waals surface area (Å²) in [6.07, 6.45) is 2.88. The molecule has 0 bridgehead atoms. The Morgan fingerprint density at radius 3 is 2.12 bits per heavy atom. The monoisotopic (exact) mass is 354 g/mol. The molecule has 0 heterocycles. The number of hydrogen-bond acceptors (Lipinski definition) is 4. The summed E-state index contributed by atoms with van der Waals surface area (Å²) in [5, 5.41) is 16.9. The Balaban J connectivity index is 1.76. The first-order chi connectivity index (χ1) is 11.3. The van der Waals surface area contributed by atoms with Gasteiger partial charge < -0.3 is 10.4 Å². The second kappa shape index (κ2) is 7.76. The van der Waals surface area contributed by atoms with E-state index >= 15 is 0 Å². The molecule has 4 N–H and O–H groups in total. The van der Waals surface area contributed by atoms with Crippen LogP contribution in [0.3, 0.4) is 0 Å². The lowest BCUT2D eigenvalue weighted by Gasteiger charge is -2.25. The minimum Gasteiger partial charge on any atom is -0.481 e. The molecule has 1 amide bonds. The molecule has 132 valence electrons. The number of carboxylic acids is 1. The predicted molar refractivity (Wildman–Crippen MR) is 87.6 cm³/mol. The van der Waals surface area contributed by atoms with Crippen molar-refractivity contribution >= 4 is 21.9 Å². The Morgan fingerprint density at radius 1 is 1.08 bits per heavy atom. The van der Waals surface area contributed by atoms with E-state index in [9.17, 15) is 18.0 Å². The second-order valence-corrected chi connectivity index (χ2v) is 7.68. The molecule has 1 fully saturated rings. The zero-order chi connectivity index (χ0) is 17.7. The molecule has 1 saturated carbocycles. The van der Waals surface area contributed by atoms with E-state index < -0.39 is 16.0 Å². The highest BCUT2D eigenvalue weighted by molar-refractivity contribution is 7.89. The van der Waals surface area contributed by atoms with Gasteiger partial charge in [0.1, 0.15) is 0 Å². The number of rotatable bonds is 6. The van der Waals surface area contributed by atoms with E-state index in [1.165, 1.54) is 12.1 Å². The molecule has 2 rings (SSSR count). The molecule has 1 aromatic carbocycles. The zero-order valence-electron chi connectivity index (χ0n) is 13.3. The van der Waals surface area contributed by atoms with Crippen LogP contribution >= 0.6 is 0 Å². The number of carbonyl (C=O) groups is 2. The van der Waals surface area contributed by atoms with Gasteiger partial charge in [-0.2, -0.15) is 0 Å². The molecule has 0 radical (unpaired) electrons. The van der Waals surface area contributed by atoms with Gasteiger partial charge in [-0.1, -0.05) is 12.1 Å². The van der Waals surface area contributed by atoms with Gasteiger partial charge in [-0.25, -0.2) is 13.6 Å². The average Bonchev–Trinajstić information content (AvgIpc) is 2.54. The Bertz CT molecular complexity index is 692. The molecular weight excluding hydrogens is 332 g/mol. The van der Waals surface area contributed by atoms with E-state index in [4.69, 9.17) is 10.2 Å². The van der Waals surface area contributed by atoms with Crippen LogP contribution in [-0.2, 0) is 26.0 Å². The van der Waals surface area contributed by atoms with Crippen molar-refractivity contribution in [1.29, 1.82) is 0 Å². The van der Waals surface area contributed by atoms with Crippen molar-refractivity contribution < 1.29 is 23.1 Å². The Morgan fingerprint density at radius 2 is 1.62 bits per heavy atom. The molecule has 7 nitrogen and oxygen atoms in total. The fraction of sp³-hybridized carbons (Fsp3) is 0.500. The Kier molecular flexibility index (Phi) is 5.95. The summed E-state index contributed by atoms with van der Waals surface area (Å²) in [5.41, 5.74) is 0.900. The number of nitrogens with one attached hydrogen (secondary N) is 1. The fourth-order valence-electron chi connectivity index (χ4n) is 2.92. The van der Waals surface area contributed by atoms with Gasteiger partial charge in [-0.05, 0) is 49.8 Å². The molecule has 0 spiro atoms. The molecule has 1 aliphatic rings. The molecule has 0 aliphatic heterocycles. The third-order valence-corrected chi connectivity index (χ3v) is 5.34. The zero-order valence-corrected chi connectivity index (χ0v) is 14.1. The lowest BCUT2D eigenvalue weighted by atomic mass is 9.81. The van der Waals surface area contributed by atoms with E-state index in [0.717, 1.165) is 5.56 Å². The number of nitrogens with two attached hydrogens (primary N) is 1. The van der Waals surface area contributed by atoms with Gasteiger partial charge in [0, 0.05) is 12.5 Å². The van der Waals surface area contributed by atoms with Crippen LogP contribution < -0.4 is 10.5 Å². The molecule has 0 atom stereocenters. The van der Waals surface area contributed by atoms with Gasteiger partial charge in [-0.3, -0.25) is 9.59 Å². The number of amides is 1. The highest BCUT2D eigenvalue weighted by Crippen LogP contribution is 2.28. The summed E-state index contributed by atoms with van der Waals surface area (Å²) in [4.78, 5) is 23.1. The summed E-state index contributed by atoms with van der Waals surface area (Å²) in [5.74, 6) is -1.27. The maximum Gasteiger partial charge on any atom is 0.306 e. The first-order valence-corrected chi connectivity index (χ1v) is 9.44. The van der Waals surface area contributed by atoms with Gasteiger partial charge in [0.05, 0.1) is 10.8 Å². The standard InChI is InChI=1S/C16H22N2O5S/c17-24(22,23)14-7-1-11(2-8-14)9-10-18-15(19)12-3-5-13(6-4-12)16(20)21/h1-2,7-8,12-13H,3-6,9-10H2,(H,18,19)(H,20,21)(H2,17,22,23). The summed E-state index contributed by atoms with van der Waals surface area (Å²) in [7, 11) is -3.69. The Labute approximate surface area is 141 Å². The lowest BCUT2D eigenvalue weighted by Crippen LogP contribution is -2.35. The first kappa shape index (κ1) is 18.4. The van der Waals surface area contributed by atoms with Crippen LogP contribution in [0.5, 0.6) is 0 Å². The van der Waals surface area contributed by atoms with E-state index in [1.54, 1.807) is 12.1 Å². The van der Waals surface area contributed by atoms with Crippen LogP contribution in [0.1, 0.15) is 31.2 Å². The van der Waals surface area contributed by atoms with Crippen molar-refractivity contribution in [1.82, 2.24) is 5.32 Å². The van der Waals surface area contributed by atoms with Gasteiger partial charge in [0.15, 0.2) is 0 Å². The van der Waals surface area contributed by atoms with Crippen molar-refractivity contribution in [3.8, 4) is 0 Å². The quantitative estimate of drug-likeness (QED) is 0.699. The average molecular weight is 354 g/mol. The van der Waals surface area contributed by atoms with Crippen LogP contribution in [0.2, 0.25) is 0 Å². The van der Waals surface area contributed by atoms with Crippen molar-refractivity contribution in [3.63, 3.8) is 0 Å². The summed E-state index contributed by atoms with van der Waals surface area (Å²) in [6, 6.07) is 6.23. The van der Waals surface area contributed by atoms with Gasteiger partial charge >= 0.3 is 5.97 Å². The molecule has 0 saturated heterocycles. The summed E-state index contributed by atoms with van der Waals surface area (Å²) in [6.45, 7) is 0.451. The molecule has 24 heavy (non-hydrogen) atoms. The van der Waals surface area contributed by atoms with Crippen LogP contribution in [0.4, 0.5) is 0 Å². The first-order valence-electron chi connectivity index (χ1n) is 7.89. The van der Waals surface area contributed by atoms with Crippen LogP contribution in [0, 0.1) is 11.8 Å². The van der Waals surface area contributed by atoms with E-state index in [-0.39, 0.29) is 22.6 Å². The van der Waals surface area contributed by atoms with Crippen LogP contribution in [-0.4, -0.2) is 31.9 Å². The molecule has 8 heteroatoms. The SMILES string of the molecule is NS(=O)(=O)c1ccc(CCNC(=O)C2CCC(C(=O)O)CC2)cc1. The third-order valence-electron chi connectivity index (χ3n) is 4.41. The largest absolute Gasteiger partial charge is 0.481 e. The molecule has 1 aliphatic carbocycles. The summed E-state index contributed by atoms with van der Waals surface area (Å²) < 4.78 is 22.3. The number of aliphatic carboxylic acids is 1. The van der Waals surface area contributed by atoms with Crippen LogP contribution in [0.15, 0.2) is 29.2 Å². The highest BCUT2D eigenvalue weighted by atomic mass is 32.2. The topological polar surface area (TPSA) is 127 Å². The van der Waals surface area contributed by atoms with Crippen molar-refractivity contribution in [3.05, 3.63) is 29.8 Å². The van der Waals surface area contributed by atoms with Gasteiger partial charge in [0.2, 0.25) is 15.9 Å². The maximum absolute atomic E-state index is 12.1.